The Morgan fingerprint density at radius 3 is 2.70 bits per heavy atom. The lowest BCUT2D eigenvalue weighted by atomic mass is 9.93. The number of hydrogen-bond donors (Lipinski definition) is 1. The van der Waals surface area contributed by atoms with E-state index in [1.54, 1.807) is 15.9 Å². The molecule has 6 heteroatoms. The second-order valence-electron chi connectivity index (χ2n) is 8.93. The SMILES string of the molecule is C=CCN1CCN(C(=O)[C@H]2CCC(=O)N2)C[C@@H](Cc2cccc(-c3ccccc3C)c2)C1=O. The third kappa shape index (κ3) is 5.16. The van der Waals surface area contributed by atoms with E-state index >= 15 is 0 Å². The predicted molar refractivity (Wildman–Crippen MR) is 128 cm³/mol. The zero-order valence-electron chi connectivity index (χ0n) is 19.1. The van der Waals surface area contributed by atoms with E-state index in [0.29, 0.717) is 45.4 Å². The summed E-state index contributed by atoms with van der Waals surface area (Å²) in [5, 5.41) is 2.77. The smallest absolute Gasteiger partial charge is 0.245 e. The van der Waals surface area contributed by atoms with Gasteiger partial charge in [0.25, 0.3) is 0 Å². The topological polar surface area (TPSA) is 69.7 Å². The van der Waals surface area contributed by atoms with Crippen LogP contribution in [0.2, 0.25) is 0 Å². The van der Waals surface area contributed by atoms with Crippen LogP contribution in [0.5, 0.6) is 0 Å². The van der Waals surface area contributed by atoms with Crippen LogP contribution in [0, 0.1) is 12.8 Å². The number of benzene rings is 2. The molecule has 2 fully saturated rings. The van der Waals surface area contributed by atoms with Gasteiger partial charge in [-0.25, -0.2) is 0 Å². The van der Waals surface area contributed by atoms with E-state index in [1.165, 1.54) is 11.1 Å². The van der Waals surface area contributed by atoms with Crippen LogP contribution in [0.4, 0.5) is 0 Å². The van der Waals surface area contributed by atoms with Crippen LogP contribution in [-0.4, -0.2) is 59.7 Å². The molecule has 0 spiro atoms. The summed E-state index contributed by atoms with van der Waals surface area (Å²) in [6.07, 6.45) is 3.16. The summed E-state index contributed by atoms with van der Waals surface area (Å²) in [5.41, 5.74) is 4.56. The number of nitrogens with zero attached hydrogens (tertiary/aromatic N) is 2. The molecule has 172 valence electrons. The molecule has 2 heterocycles. The highest BCUT2D eigenvalue weighted by Gasteiger charge is 2.36. The van der Waals surface area contributed by atoms with Gasteiger partial charge in [0.2, 0.25) is 17.7 Å². The number of carbonyl (C=O) groups is 3. The summed E-state index contributed by atoms with van der Waals surface area (Å²) in [6, 6.07) is 16.1. The highest BCUT2D eigenvalue weighted by molar-refractivity contribution is 5.91. The number of nitrogens with one attached hydrogen (secondary N) is 1. The molecule has 1 N–H and O–H groups in total. The van der Waals surface area contributed by atoms with Crippen molar-refractivity contribution in [3.63, 3.8) is 0 Å². The van der Waals surface area contributed by atoms with E-state index in [-0.39, 0.29) is 23.6 Å². The van der Waals surface area contributed by atoms with Gasteiger partial charge in [-0.05, 0) is 42.0 Å². The number of amides is 3. The summed E-state index contributed by atoms with van der Waals surface area (Å²) in [6.45, 7) is 7.62. The molecule has 33 heavy (non-hydrogen) atoms. The number of hydrogen-bond acceptors (Lipinski definition) is 3. The van der Waals surface area contributed by atoms with Crippen molar-refractivity contribution in [1.82, 2.24) is 15.1 Å². The highest BCUT2D eigenvalue weighted by atomic mass is 16.2. The average molecular weight is 446 g/mol. The monoisotopic (exact) mass is 445 g/mol. The predicted octanol–water partition coefficient (Wildman–Crippen LogP) is 2.96. The molecule has 4 rings (SSSR count). The molecule has 0 bridgehead atoms. The molecule has 0 unspecified atom stereocenters. The zero-order valence-corrected chi connectivity index (χ0v) is 19.1. The van der Waals surface area contributed by atoms with Gasteiger partial charge in [-0.15, -0.1) is 6.58 Å². The first-order chi connectivity index (χ1) is 16.0. The van der Waals surface area contributed by atoms with Crippen molar-refractivity contribution in [2.45, 2.75) is 32.2 Å². The van der Waals surface area contributed by atoms with Gasteiger partial charge in [-0.1, -0.05) is 54.6 Å². The van der Waals surface area contributed by atoms with E-state index in [1.807, 2.05) is 24.3 Å². The van der Waals surface area contributed by atoms with Gasteiger partial charge in [0.15, 0.2) is 0 Å². The Kier molecular flexibility index (Phi) is 6.92. The Labute approximate surface area is 195 Å². The molecule has 2 aliphatic rings. The Bertz CT molecular complexity index is 1060. The van der Waals surface area contributed by atoms with Crippen LogP contribution in [0.3, 0.4) is 0 Å². The van der Waals surface area contributed by atoms with Crippen LogP contribution in [0.1, 0.15) is 24.0 Å². The summed E-state index contributed by atoms with van der Waals surface area (Å²) >= 11 is 0. The maximum absolute atomic E-state index is 13.4. The molecule has 0 aliphatic carbocycles. The Hall–Kier alpha value is -3.41. The molecule has 0 radical (unpaired) electrons. The van der Waals surface area contributed by atoms with E-state index in [0.717, 1.165) is 11.1 Å². The first kappa shape index (κ1) is 22.8. The standard InChI is InChI=1S/C27H31N3O3/c1-3-13-29-14-15-30(27(33)24-11-12-25(31)28-24)18-22(26(29)32)17-20-8-6-9-21(16-20)23-10-5-4-7-19(23)2/h3-10,16,22,24H,1,11-15,17-18H2,2H3,(H,28,31)/t22-,24-/m1/s1. The van der Waals surface area contributed by atoms with E-state index in [9.17, 15) is 14.4 Å². The molecular formula is C27H31N3O3. The quantitative estimate of drug-likeness (QED) is 0.695. The van der Waals surface area contributed by atoms with E-state index in [4.69, 9.17) is 0 Å². The minimum absolute atomic E-state index is 0.0435. The number of rotatable bonds is 6. The second kappa shape index (κ2) is 10.0. The minimum atomic E-state index is -0.483. The fourth-order valence-corrected chi connectivity index (χ4v) is 4.80. The van der Waals surface area contributed by atoms with Gasteiger partial charge in [0, 0.05) is 32.6 Å². The molecule has 2 atom stereocenters. The molecule has 2 aliphatic heterocycles. The lowest BCUT2D eigenvalue weighted by Crippen LogP contribution is -2.46. The lowest BCUT2D eigenvalue weighted by molar-refractivity contribution is -0.136. The molecule has 2 saturated heterocycles. The molecule has 0 saturated carbocycles. The lowest BCUT2D eigenvalue weighted by Gasteiger charge is -2.26. The zero-order chi connectivity index (χ0) is 23.4. The van der Waals surface area contributed by atoms with Gasteiger partial charge in [-0.2, -0.15) is 0 Å². The van der Waals surface area contributed by atoms with E-state index in [2.05, 4.69) is 43.1 Å². The molecule has 6 nitrogen and oxygen atoms in total. The molecule has 2 aromatic rings. The number of aryl methyl sites for hydroxylation is 1. The Balaban J connectivity index is 1.57. The third-order valence-corrected chi connectivity index (χ3v) is 6.56. The normalized spacial score (nSPS) is 21.0. The highest BCUT2D eigenvalue weighted by Crippen LogP contribution is 2.26. The molecular weight excluding hydrogens is 414 g/mol. The summed E-state index contributed by atoms with van der Waals surface area (Å²) in [4.78, 5) is 41.6. The van der Waals surface area contributed by atoms with Crippen LogP contribution >= 0.6 is 0 Å². The van der Waals surface area contributed by atoms with Crippen molar-refractivity contribution in [3.8, 4) is 11.1 Å². The summed E-state index contributed by atoms with van der Waals surface area (Å²) in [7, 11) is 0. The second-order valence-corrected chi connectivity index (χ2v) is 8.93. The van der Waals surface area contributed by atoms with Gasteiger partial charge in [0.1, 0.15) is 6.04 Å². The van der Waals surface area contributed by atoms with E-state index < -0.39 is 6.04 Å². The Morgan fingerprint density at radius 2 is 1.97 bits per heavy atom. The number of carbonyl (C=O) groups excluding carboxylic acids is 3. The van der Waals surface area contributed by atoms with Crippen molar-refractivity contribution >= 4 is 17.7 Å². The maximum Gasteiger partial charge on any atom is 0.245 e. The van der Waals surface area contributed by atoms with Crippen LogP contribution in [0.15, 0.2) is 61.2 Å². The molecule has 3 amide bonds. The maximum atomic E-state index is 13.4. The third-order valence-electron chi connectivity index (χ3n) is 6.56. The van der Waals surface area contributed by atoms with Crippen molar-refractivity contribution < 1.29 is 14.4 Å². The van der Waals surface area contributed by atoms with Crippen molar-refractivity contribution in [2.24, 2.45) is 5.92 Å². The largest absolute Gasteiger partial charge is 0.344 e. The first-order valence-corrected chi connectivity index (χ1v) is 11.6. The average Bonchev–Trinajstić information content (AvgIpc) is 3.19. The fourth-order valence-electron chi connectivity index (χ4n) is 4.80. The Morgan fingerprint density at radius 1 is 1.15 bits per heavy atom. The molecule has 0 aromatic heterocycles. The molecule has 2 aromatic carbocycles. The van der Waals surface area contributed by atoms with Crippen molar-refractivity contribution in [2.75, 3.05) is 26.2 Å². The van der Waals surface area contributed by atoms with Crippen molar-refractivity contribution in [3.05, 3.63) is 72.3 Å². The minimum Gasteiger partial charge on any atom is -0.344 e. The fraction of sp³-hybridized carbons (Fsp3) is 0.370. The first-order valence-electron chi connectivity index (χ1n) is 11.6. The van der Waals surface area contributed by atoms with Gasteiger partial charge < -0.3 is 15.1 Å². The van der Waals surface area contributed by atoms with Crippen molar-refractivity contribution in [1.29, 1.82) is 0 Å². The van der Waals surface area contributed by atoms with Crippen LogP contribution < -0.4 is 5.32 Å². The van der Waals surface area contributed by atoms with Gasteiger partial charge in [-0.3, -0.25) is 14.4 Å². The summed E-state index contributed by atoms with van der Waals surface area (Å²) < 4.78 is 0. The van der Waals surface area contributed by atoms with Crippen LogP contribution in [-0.2, 0) is 20.8 Å². The van der Waals surface area contributed by atoms with Gasteiger partial charge >= 0.3 is 0 Å². The van der Waals surface area contributed by atoms with Gasteiger partial charge in [0.05, 0.1) is 5.92 Å². The summed E-state index contributed by atoms with van der Waals surface area (Å²) in [5.74, 6) is -0.479. The van der Waals surface area contributed by atoms with Crippen LogP contribution in [0.25, 0.3) is 11.1 Å².